The standard InChI is InChI=1S/C19H20N2O5/c1-2-7-20-10-19(18(24)25)11-21(9-14(19)17(20)23)16(22)13-5-3-4-12-6-8-26-15(12)13/h2-5,14H,1,6-11H2,(H,24,25)/t14-,19+/m1/s1. The summed E-state index contributed by atoms with van der Waals surface area (Å²) < 4.78 is 5.60. The maximum atomic E-state index is 13.0. The number of ether oxygens (including phenoxy) is 1. The molecule has 1 N–H and O–H groups in total. The van der Waals surface area contributed by atoms with Crippen molar-refractivity contribution >= 4 is 17.8 Å². The second-order valence-corrected chi connectivity index (χ2v) is 7.10. The van der Waals surface area contributed by atoms with Crippen molar-refractivity contribution in [2.75, 3.05) is 32.8 Å². The van der Waals surface area contributed by atoms with E-state index < -0.39 is 17.3 Å². The number of carbonyl (C=O) groups excluding carboxylic acids is 2. The molecule has 2 atom stereocenters. The van der Waals surface area contributed by atoms with Gasteiger partial charge in [0.2, 0.25) is 5.91 Å². The van der Waals surface area contributed by atoms with E-state index in [0.29, 0.717) is 24.5 Å². The lowest BCUT2D eigenvalue weighted by atomic mass is 9.81. The quantitative estimate of drug-likeness (QED) is 0.806. The van der Waals surface area contributed by atoms with Crippen LogP contribution >= 0.6 is 0 Å². The van der Waals surface area contributed by atoms with Crippen molar-refractivity contribution in [2.24, 2.45) is 11.3 Å². The number of carbonyl (C=O) groups is 3. The van der Waals surface area contributed by atoms with Gasteiger partial charge in [0.05, 0.1) is 18.1 Å². The third-order valence-electron chi connectivity index (χ3n) is 5.63. The van der Waals surface area contributed by atoms with Crippen LogP contribution in [0.2, 0.25) is 0 Å². The molecule has 3 aliphatic rings. The first-order valence-corrected chi connectivity index (χ1v) is 8.65. The number of hydrogen-bond acceptors (Lipinski definition) is 4. The monoisotopic (exact) mass is 356 g/mol. The molecule has 136 valence electrons. The summed E-state index contributed by atoms with van der Waals surface area (Å²) in [7, 11) is 0. The van der Waals surface area contributed by atoms with Gasteiger partial charge in [-0.2, -0.15) is 0 Å². The van der Waals surface area contributed by atoms with Gasteiger partial charge in [0.1, 0.15) is 11.2 Å². The van der Waals surface area contributed by atoms with Crippen LogP contribution in [-0.4, -0.2) is 65.5 Å². The number of amides is 2. The smallest absolute Gasteiger partial charge is 0.314 e. The fraction of sp³-hybridized carbons (Fsp3) is 0.421. The fourth-order valence-electron chi connectivity index (χ4n) is 4.33. The molecule has 3 heterocycles. The van der Waals surface area contributed by atoms with Crippen LogP contribution in [0.3, 0.4) is 0 Å². The number of rotatable bonds is 4. The zero-order chi connectivity index (χ0) is 18.5. The third kappa shape index (κ3) is 2.23. The summed E-state index contributed by atoms with van der Waals surface area (Å²) in [5.74, 6) is -1.67. The van der Waals surface area contributed by atoms with Crippen molar-refractivity contribution in [3.8, 4) is 5.75 Å². The molecule has 0 spiro atoms. The SMILES string of the molecule is C=CCN1C[C@]2(C(=O)O)CN(C(=O)c3cccc4c3OCC4)C[C@@H]2C1=O. The zero-order valence-corrected chi connectivity index (χ0v) is 14.3. The summed E-state index contributed by atoms with van der Waals surface area (Å²) in [6.07, 6.45) is 2.34. The lowest BCUT2D eigenvalue weighted by Crippen LogP contribution is -2.42. The van der Waals surface area contributed by atoms with E-state index in [-0.39, 0.29) is 31.4 Å². The minimum Gasteiger partial charge on any atom is -0.492 e. The van der Waals surface area contributed by atoms with Gasteiger partial charge in [0.25, 0.3) is 5.91 Å². The average molecular weight is 356 g/mol. The predicted molar refractivity (Wildman–Crippen MR) is 91.9 cm³/mol. The van der Waals surface area contributed by atoms with E-state index >= 15 is 0 Å². The molecule has 1 aromatic rings. The molecule has 0 aliphatic carbocycles. The van der Waals surface area contributed by atoms with Crippen LogP contribution in [0.4, 0.5) is 0 Å². The van der Waals surface area contributed by atoms with Crippen LogP contribution in [0.25, 0.3) is 0 Å². The maximum Gasteiger partial charge on any atom is 0.314 e. The zero-order valence-electron chi connectivity index (χ0n) is 14.3. The number of hydrogen-bond donors (Lipinski definition) is 1. The van der Waals surface area contributed by atoms with E-state index in [4.69, 9.17) is 4.74 Å². The van der Waals surface area contributed by atoms with Crippen molar-refractivity contribution < 1.29 is 24.2 Å². The molecule has 0 saturated carbocycles. The van der Waals surface area contributed by atoms with Crippen molar-refractivity contribution in [2.45, 2.75) is 6.42 Å². The Labute approximate surface area is 150 Å². The summed E-state index contributed by atoms with van der Waals surface area (Å²) in [6.45, 7) is 4.71. The van der Waals surface area contributed by atoms with Gasteiger partial charge in [-0.15, -0.1) is 6.58 Å². The highest BCUT2D eigenvalue weighted by Gasteiger charge is 2.62. The van der Waals surface area contributed by atoms with Crippen LogP contribution in [-0.2, 0) is 16.0 Å². The Morgan fingerprint density at radius 2 is 2.19 bits per heavy atom. The molecule has 4 rings (SSSR count). The van der Waals surface area contributed by atoms with Crippen LogP contribution in [0, 0.1) is 11.3 Å². The van der Waals surface area contributed by atoms with Gasteiger partial charge in [0.15, 0.2) is 0 Å². The first-order valence-electron chi connectivity index (χ1n) is 8.65. The first-order chi connectivity index (χ1) is 12.5. The normalized spacial score (nSPS) is 26.5. The lowest BCUT2D eigenvalue weighted by molar-refractivity contribution is -0.149. The number of carboxylic acid groups (broad SMARTS) is 1. The Morgan fingerprint density at radius 1 is 1.38 bits per heavy atom. The fourth-order valence-corrected chi connectivity index (χ4v) is 4.33. The van der Waals surface area contributed by atoms with Crippen molar-refractivity contribution in [1.82, 2.24) is 9.80 Å². The topological polar surface area (TPSA) is 87.2 Å². The molecular weight excluding hydrogens is 336 g/mol. The molecule has 0 bridgehead atoms. The minimum absolute atomic E-state index is 0.0227. The number of likely N-dealkylation sites (tertiary alicyclic amines) is 2. The van der Waals surface area contributed by atoms with Crippen molar-refractivity contribution in [3.05, 3.63) is 42.0 Å². The van der Waals surface area contributed by atoms with Gasteiger partial charge in [-0.1, -0.05) is 18.2 Å². The molecule has 2 fully saturated rings. The van der Waals surface area contributed by atoms with E-state index in [1.54, 1.807) is 12.1 Å². The van der Waals surface area contributed by atoms with Gasteiger partial charge in [0, 0.05) is 32.6 Å². The Bertz CT molecular complexity index is 820. The van der Waals surface area contributed by atoms with E-state index in [1.165, 1.54) is 9.80 Å². The van der Waals surface area contributed by atoms with Gasteiger partial charge in [-0.25, -0.2) is 0 Å². The second kappa shape index (κ2) is 5.86. The van der Waals surface area contributed by atoms with Gasteiger partial charge in [-0.3, -0.25) is 14.4 Å². The maximum absolute atomic E-state index is 13.0. The molecule has 2 amide bonds. The van der Waals surface area contributed by atoms with Gasteiger partial charge in [-0.05, 0) is 11.6 Å². The molecule has 26 heavy (non-hydrogen) atoms. The van der Waals surface area contributed by atoms with E-state index in [2.05, 4.69) is 6.58 Å². The molecule has 0 aromatic heterocycles. The first kappa shape index (κ1) is 16.6. The lowest BCUT2D eigenvalue weighted by Gasteiger charge is -2.25. The number of fused-ring (bicyclic) bond motifs is 2. The highest BCUT2D eigenvalue weighted by Crippen LogP contribution is 2.44. The third-order valence-corrected chi connectivity index (χ3v) is 5.63. The van der Waals surface area contributed by atoms with E-state index in [1.807, 2.05) is 12.1 Å². The highest BCUT2D eigenvalue weighted by atomic mass is 16.5. The average Bonchev–Trinajstić information content (AvgIpc) is 3.30. The van der Waals surface area contributed by atoms with Crippen LogP contribution in [0.5, 0.6) is 5.75 Å². The Kier molecular flexibility index (Phi) is 3.75. The molecule has 7 nitrogen and oxygen atoms in total. The number of carboxylic acids is 1. The Hall–Kier alpha value is -2.83. The summed E-state index contributed by atoms with van der Waals surface area (Å²) in [5.41, 5.74) is 0.168. The number of nitrogens with zero attached hydrogens (tertiary/aromatic N) is 2. The number of benzene rings is 1. The summed E-state index contributed by atoms with van der Waals surface area (Å²) >= 11 is 0. The second-order valence-electron chi connectivity index (χ2n) is 7.10. The number of para-hydroxylation sites is 1. The summed E-state index contributed by atoms with van der Waals surface area (Å²) in [5, 5.41) is 9.84. The van der Waals surface area contributed by atoms with Crippen molar-refractivity contribution in [1.29, 1.82) is 0 Å². The van der Waals surface area contributed by atoms with Crippen LogP contribution in [0.15, 0.2) is 30.9 Å². The van der Waals surface area contributed by atoms with Crippen LogP contribution in [0.1, 0.15) is 15.9 Å². The molecule has 7 heteroatoms. The number of aliphatic carboxylic acids is 1. The highest BCUT2D eigenvalue weighted by molar-refractivity contribution is 6.00. The van der Waals surface area contributed by atoms with Crippen LogP contribution < -0.4 is 4.74 Å². The molecule has 0 unspecified atom stereocenters. The van der Waals surface area contributed by atoms with E-state index in [0.717, 1.165) is 12.0 Å². The van der Waals surface area contributed by atoms with Crippen molar-refractivity contribution in [3.63, 3.8) is 0 Å². The molecule has 1 aromatic carbocycles. The molecule has 2 saturated heterocycles. The Balaban J connectivity index is 1.63. The largest absolute Gasteiger partial charge is 0.492 e. The Morgan fingerprint density at radius 3 is 2.88 bits per heavy atom. The van der Waals surface area contributed by atoms with Gasteiger partial charge >= 0.3 is 5.97 Å². The van der Waals surface area contributed by atoms with Gasteiger partial charge < -0.3 is 19.6 Å². The summed E-state index contributed by atoms with van der Waals surface area (Å²) in [4.78, 5) is 40.7. The van der Waals surface area contributed by atoms with E-state index in [9.17, 15) is 19.5 Å². The minimum atomic E-state index is -1.26. The predicted octanol–water partition coefficient (Wildman–Crippen LogP) is 0.793. The molecule has 3 aliphatic heterocycles. The molecular formula is C19H20N2O5. The summed E-state index contributed by atoms with van der Waals surface area (Å²) in [6, 6.07) is 5.43. The molecule has 0 radical (unpaired) electrons.